The summed E-state index contributed by atoms with van der Waals surface area (Å²) in [7, 11) is 0. The molecule has 0 N–H and O–H groups in total. The second kappa shape index (κ2) is 5.73. The molecule has 0 heterocycles. The molecule has 8 heavy (non-hydrogen) atoms. The van der Waals surface area contributed by atoms with Crippen LogP contribution in [0.25, 0.3) is 0 Å². The van der Waals surface area contributed by atoms with E-state index in [2.05, 4.69) is 31.9 Å². The van der Waals surface area contributed by atoms with E-state index in [0.717, 1.165) is 12.6 Å². The second-order valence-corrected chi connectivity index (χ2v) is 8.67. The molecule has 0 saturated carbocycles. The Bertz CT molecular complexity index is 51.2. The molecule has 0 aliphatic heterocycles. The van der Waals surface area contributed by atoms with E-state index in [1.807, 2.05) is 0 Å². The average molecular weight is 303 g/mol. The van der Waals surface area contributed by atoms with Crippen LogP contribution in [-0.4, -0.2) is 9.90 Å². The molecule has 0 nitrogen and oxygen atoms in total. The molecular formula is C3H5Br2Cl2P. The molecule has 0 bridgehead atoms. The monoisotopic (exact) mass is 300 g/mol. The third kappa shape index (κ3) is 7.97. The Hall–Kier alpha value is 1.97. The largest absolute Gasteiger partial charge is 0.0855 e. The van der Waals surface area contributed by atoms with Crippen LogP contribution in [0.1, 0.15) is 6.42 Å². The lowest BCUT2D eigenvalue weighted by atomic mass is 10.6. The minimum absolute atomic E-state index is 0.359. The second-order valence-electron chi connectivity index (χ2n) is 1.21. The fourth-order valence-electron chi connectivity index (χ4n) is 0.195. The van der Waals surface area contributed by atoms with Crippen LogP contribution >= 0.6 is 61.0 Å². The number of halogens is 4. The van der Waals surface area contributed by atoms with E-state index in [4.69, 9.17) is 22.5 Å². The van der Waals surface area contributed by atoms with Crippen LogP contribution in [0.3, 0.4) is 0 Å². The molecule has 0 atom stereocenters. The van der Waals surface area contributed by atoms with Gasteiger partial charge in [-0.05, 0) is 12.6 Å². The van der Waals surface area contributed by atoms with Gasteiger partial charge in [0.05, 0.1) is 10.4 Å². The Morgan fingerprint density at radius 3 is 2.00 bits per heavy atom. The summed E-state index contributed by atoms with van der Waals surface area (Å²) in [6.45, 7) is -0.749. The molecule has 0 aromatic carbocycles. The molecule has 0 aromatic rings. The molecule has 5 heteroatoms. The number of rotatable bonds is 3. The number of hydrogen-bond acceptors (Lipinski definition) is 0. The standard InChI is InChI=1S/C3H5Br2Cl2P/c4-3(5)1-2-8(6)7/h3H,1-2H2. The van der Waals surface area contributed by atoms with Gasteiger partial charge in [0.15, 0.2) is 0 Å². The predicted molar refractivity (Wildman–Crippen MR) is 49.8 cm³/mol. The van der Waals surface area contributed by atoms with Crippen LogP contribution in [0.15, 0.2) is 0 Å². The third-order valence-electron chi connectivity index (χ3n) is 0.516. The summed E-state index contributed by atoms with van der Waals surface area (Å²) in [5.74, 6) is 0. The van der Waals surface area contributed by atoms with E-state index >= 15 is 0 Å². The first-order valence-corrected chi connectivity index (χ1v) is 7.17. The predicted octanol–water partition coefficient (Wildman–Crippen LogP) is 4.28. The molecule has 0 aliphatic rings. The topological polar surface area (TPSA) is 0 Å². The summed E-state index contributed by atoms with van der Waals surface area (Å²) in [5, 5.41) is 0. The molecule has 0 unspecified atom stereocenters. The minimum atomic E-state index is -0.749. The summed E-state index contributed by atoms with van der Waals surface area (Å²) in [6, 6.07) is 0. The van der Waals surface area contributed by atoms with Crippen LogP contribution < -0.4 is 0 Å². The van der Waals surface area contributed by atoms with Gasteiger partial charge in [-0.1, -0.05) is 54.3 Å². The summed E-state index contributed by atoms with van der Waals surface area (Å²) in [5.41, 5.74) is 0. The SMILES string of the molecule is ClP(Cl)CCC(Br)Br. The fraction of sp³-hybridized carbons (Fsp3) is 1.00. The van der Waals surface area contributed by atoms with Crippen molar-refractivity contribution < 1.29 is 0 Å². The first-order chi connectivity index (χ1) is 3.63. The van der Waals surface area contributed by atoms with Crippen molar-refractivity contribution in [2.75, 3.05) is 6.16 Å². The Labute approximate surface area is 76.9 Å². The maximum Gasteiger partial charge on any atom is 0.0855 e. The van der Waals surface area contributed by atoms with Gasteiger partial charge in [0.2, 0.25) is 0 Å². The van der Waals surface area contributed by atoms with E-state index in [1.165, 1.54) is 0 Å². The highest BCUT2D eigenvalue weighted by molar-refractivity contribution is 9.24. The van der Waals surface area contributed by atoms with Gasteiger partial charge >= 0.3 is 0 Å². The van der Waals surface area contributed by atoms with Gasteiger partial charge in [0.1, 0.15) is 0 Å². The van der Waals surface area contributed by atoms with E-state index in [9.17, 15) is 0 Å². The first-order valence-electron chi connectivity index (χ1n) is 2.00. The van der Waals surface area contributed by atoms with Gasteiger partial charge in [0, 0.05) is 0 Å². The lowest BCUT2D eigenvalue weighted by molar-refractivity contribution is 1.10. The van der Waals surface area contributed by atoms with Crippen LogP contribution in [0.2, 0.25) is 0 Å². The Kier molecular flexibility index (Phi) is 7.14. The van der Waals surface area contributed by atoms with Gasteiger partial charge in [-0.3, -0.25) is 0 Å². The van der Waals surface area contributed by atoms with Gasteiger partial charge < -0.3 is 0 Å². The minimum Gasteiger partial charge on any atom is -0.0781 e. The van der Waals surface area contributed by atoms with Crippen molar-refractivity contribution in [3.63, 3.8) is 0 Å². The maximum atomic E-state index is 5.51. The van der Waals surface area contributed by atoms with Gasteiger partial charge in [-0.15, -0.1) is 0 Å². The van der Waals surface area contributed by atoms with Crippen molar-refractivity contribution in [3.8, 4) is 0 Å². The summed E-state index contributed by atoms with van der Waals surface area (Å²) < 4.78 is 0.359. The van der Waals surface area contributed by atoms with Crippen LogP contribution in [-0.2, 0) is 0 Å². The fourth-order valence-corrected chi connectivity index (χ4v) is 2.40. The van der Waals surface area contributed by atoms with Crippen molar-refractivity contribution in [3.05, 3.63) is 0 Å². The van der Waals surface area contributed by atoms with Gasteiger partial charge in [-0.2, -0.15) is 0 Å². The average Bonchev–Trinajstić information content (AvgIpc) is 1.61. The van der Waals surface area contributed by atoms with Crippen LogP contribution in [0.5, 0.6) is 0 Å². The molecule has 0 aromatic heterocycles. The molecule has 0 fully saturated rings. The van der Waals surface area contributed by atoms with Gasteiger partial charge in [0.25, 0.3) is 0 Å². The number of hydrogen-bond donors (Lipinski definition) is 0. The van der Waals surface area contributed by atoms with Crippen LogP contribution in [0, 0.1) is 0 Å². The molecule has 0 aliphatic carbocycles. The Morgan fingerprint density at radius 2 is 1.88 bits per heavy atom. The van der Waals surface area contributed by atoms with Crippen molar-refractivity contribution >= 4 is 61.0 Å². The van der Waals surface area contributed by atoms with Crippen LogP contribution in [0.4, 0.5) is 0 Å². The molecule has 0 saturated heterocycles. The lowest BCUT2D eigenvalue weighted by Gasteiger charge is -1.99. The Balaban J connectivity index is 2.93. The van der Waals surface area contributed by atoms with Crippen molar-refractivity contribution in [1.29, 1.82) is 0 Å². The first kappa shape index (κ1) is 9.97. The maximum absolute atomic E-state index is 5.51. The molecule has 50 valence electrons. The lowest BCUT2D eigenvalue weighted by Crippen LogP contribution is -1.85. The normalized spacial score (nSPS) is 11.2. The van der Waals surface area contributed by atoms with E-state index < -0.39 is 6.63 Å². The van der Waals surface area contributed by atoms with Gasteiger partial charge in [-0.25, -0.2) is 0 Å². The highest BCUT2D eigenvalue weighted by Crippen LogP contribution is 2.47. The van der Waals surface area contributed by atoms with Crippen molar-refractivity contribution in [2.24, 2.45) is 0 Å². The molecule has 0 radical (unpaired) electrons. The summed E-state index contributed by atoms with van der Waals surface area (Å²) in [6.07, 6.45) is 1.87. The summed E-state index contributed by atoms with van der Waals surface area (Å²) >= 11 is 17.6. The smallest absolute Gasteiger partial charge is 0.0781 e. The number of alkyl halides is 2. The third-order valence-corrected chi connectivity index (χ3v) is 3.04. The van der Waals surface area contributed by atoms with E-state index in [0.29, 0.717) is 3.74 Å². The quantitative estimate of drug-likeness (QED) is 0.539. The molecule has 0 rings (SSSR count). The molecular weight excluding hydrogens is 298 g/mol. The van der Waals surface area contributed by atoms with Crippen molar-refractivity contribution in [1.82, 2.24) is 0 Å². The zero-order valence-electron chi connectivity index (χ0n) is 3.95. The zero-order valence-corrected chi connectivity index (χ0v) is 9.53. The highest BCUT2D eigenvalue weighted by Gasteiger charge is 2.02. The van der Waals surface area contributed by atoms with E-state index in [-0.39, 0.29) is 0 Å². The summed E-state index contributed by atoms with van der Waals surface area (Å²) in [4.78, 5) is 0. The molecule has 0 amide bonds. The van der Waals surface area contributed by atoms with Crippen molar-refractivity contribution in [2.45, 2.75) is 10.2 Å². The zero-order chi connectivity index (χ0) is 6.57. The highest BCUT2D eigenvalue weighted by atomic mass is 79.9. The Morgan fingerprint density at radius 1 is 1.38 bits per heavy atom. The van der Waals surface area contributed by atoms with E-state index in [1.54, 1.807) is 0 Å². The molecule has 0 spiro atoms.